The van der Waals surface area contributed by atoms with Gasteiger partial charge in [0.2, 0.25) is 0 Å². The lowest BCUT2D eigenvalue weighted by Gasteiger charge is -2.30. The first-order chi connectivity index (χ1) is 9.20. The summed E-state index contributed by atoms with van der Waals surface area (Å²) in [5.41, 5.74) is 1.29. The van der Waals surface area contributed by atoms with Crippen molar-refractivity contribution >= 4 is 17.2 Å². The number of piperidine rings is 1. The summed E-state index contributed by atoms with van der Waals surface area (Å²) in [6.07, 6.45) is 5.63. The summed E-state index contributed by atoms with van der Waals surface area (Å²) in [4.78, 5) is 16.9. The third kappa shape index (κ3) is 2.27. The van der Waals surface area contributed by atoms with Crippen LogP contribution in [0.5, 0.6) is 5.75 Å². The number of ether oxygens (including phenoxy) is 1. The number of carbonyl (C=O) groups is 1. The van der Waals surface area contributed by atoms with Gasteiger partial charge in [0.05, 0.1) is 7.11 Å². The third-order valence-electron chi connectivity index (χ3n) is 4.34. The van der Waals surface area contributed by atoms with E-state index in [1.54, 1.807) is 18.4 Å². The minimum absolute atomic E-state index is 0.183. The first-order valence-corrected chi connectivity index (χ1v) is 8.00. The van der Waals surface area contributed by atoms with Gasteiger partial charge in [0, 0.05) is 23.5 Å². The minimum Gasteiger partial charge on any atom is -0.495 e. The van der Waals surface area contributed by atoms with E-state index < -0.39 is 0 Å². The van der Waals surface area contributed by atoms with Crippen molar-refractivity contribution in [1.29, 1.82) is 0 Å². The molecule has 0 aromatic carbocycles. The van der Waals surface area contributed by atoms with E-state index in [2.05, 4.69) is 6.92 Å². The van der Waals surface area contributed by atoms with Gasteiger partial charge in [-0.05, 0) is 38.0 Å². The molecule has 4 heteroatoms. The fourth-order valence-electron chi connectivity index (χ4n) is 3.09. The van der Waals surface area contributed by atoms with E-state index >= 15 is 0 Å². The van der Waals surface area contributed by atoms with Crippen LogP contribution in [0.4, 0.5) is 0 Å². The van der Waals surface area contributed by atoms with Gasteiger partial charge in [0.1, 0.15) is 10.6 Å². The molecule has 2 heterocycles. The van der Waals surface area contributed by atoms with Gasteiger partial charge in [-0.25, -0.2) is 0 Å². The van der Waals surface area contributed by atoms with Gasteiger partial charge in [0.15, 0.2) is 0 Å². The molecule has 0 atom stereocenters. The number of nitrogens with zero attached hydrogens (tertiary/aromatic N) is 1. The number of methoxy groups -OCH3 is 1. The standard InChI is InChI=1S/C15H21NO2S/c1-10-6-8-16(9-7-10)15(17)14-13(18-2)11-4-3-5-12(11)19-14/h10H,3-9H2,1-2H3. The van der Waals surface area contributed by atoms with E-state index in [4.69, 9.17) is 4.74 Å². The number of fused-ring (bicyclic) bond motifs is 1. The quantitative estimate of drug-likeness (QED) is 0.832. The van der Waals surface area contributed by atoms with Crippen LogP contribution in [-0.2, 0) is 12.8 Å². The number of carbonyl (C=O) groups excluding carboxylic acids is 1. The second-order valence-corrected chi connectivity index (χ2v) is 6.80. The summed E-state index contributed by atoms with van der Waals surface area (Å²) < 4.78 is 5.52. The Kier molecular flexibility index (Phi) is 3.52. The lowest BCUT2D eigenvalue weighted by Crippen LogP contribution is -2.37. The van der Waals surface area contributed by atoms with Gasteiger partial charge >= 0.3 is 0 Å². The first-order valence-electron chi connectivity index (χ1n) is 7.18. The zero-order valence-electron chi connectivity index (χ0n) is 11.7. The molecule has 0 spiro atoms. The van der Waals surface area contributed by atoms with Crippen molar-refractivity contribution in [1.82, 2.24) is 4.90 Å². The topological polar surface area (TPSA) is 29.5 Å². The average Bonchev–Trinajstić information content (AvgIpc) is 2.98. The Bertz CT molecular complexity index is 487. The van der Waals surface area contributed by atoms with Crippen LogP contribution in [0.3, 0.4) is 0 Å². The Balaban J connectivity index is 1.84. The highest BCUT2D eigenvalue weighted by molar-refractivity contribution is 7.14. The van der Waals surface area contributed by atoms with E-state index in [1.807, 2.05) is 4.90 Å². The van der Waals surface area contributed by atoms with Gasteiger partial charge in [-0.15, -0.1) is 11.3 Å². The lowest BCUT2D eigenvalue weighted by molar-refractivity contribution is 0.0699. The summed E-state index contributed by atoms with van der Waals surface area (Å²) in [7, 11) is 1.69. The Morgan fingerprint density at radius 3 is 2.74 bits per heavy atom. The molecule has 0 N–H and O–H groups in total. The van der Waals surface area contributed by atoms with Crippen LogP contribution in [0.25, 0.3) is 0 Å². The number of thiophene rings is 1. The molecule has 1 aliphatic carbocycles. The molecule has 2 aliphatic rings. The zero-order chi connectivity index (χ0) is 13.4. The Labute approximate surface area is 118 Å². The predicted octanol–water partition coefficient (Wildman–Crippen LogP) is 3.12. The monoisotopic (exact) mass is 279 g/mol. The summed E-state index contributed by atoms with van der Waals surface area (Å²) in [6, 6.07) is 0. The van der Waals surface area contributed by atoms with E-state index in [9.17, 15) is 4.79 Å². The van der Waals surface area contributed by atoms with Crippen LogP contribution in [0.1, 0.15) is 46.3 Å². The summed E-state index contributed by atoms with van der Waals surface area (Å²) in [5.74, 6) is 1.79. The predicted molar refractivity (Wildman–Crippen MR) is 77.2 cm³/mol. The van der Waals surface area contributed by atoms with Crippen molar-refractivity contribution in [2.45, 2.75) is 39.0 Å². The van der Waals surface area contributed by atoms with Crippen LogP contribution in [0.15, 0.2) is 0 Å². The van der Waals surface area contributed by atoms with Gasteiger partial charge in [-0.1, -0.05) is 6.92 Å². The van der Waals surface area contributed by atoms with Crippen molar-refractivity contribution in [3.05, 3.63) is 15.3 Å². The number of aryl methyl sites for hydroxylation is 1. The zero-order valence-corrected chi connectivity index (χ0v) is 12.5. The Morgan fingerprint density at radius 2 is 2.05 bits per heavy atom. The molecule has 1 aromatic heterocycles. The van der Waals surface area contributed by atoms with Gasteiger partial charge < -0.3 is 9.64 Å². The van der Waals surface area contributed by atoms with E-state index in [1.165, 1.54) is 16.9 Å². The summed E-state index contributed by atoms with van der Waals surface area (Å²) in [6.45, 7) is 4.06. The molecule has 0 unspecified atom stereocenters. The lowest BCUT2D eigenvalue weighted by atomic mass is 9.99. The van der Waals surface area contributed by atoms with Gasteiger partial charge in [0.25, 0.3) is 5.91 Å². The van der Waals surface area contributed by atoms with Crippen molar-refractivity contribution in [2.24, 2.45) is 5.92 Å². The van der Waals surface area contributed by atoms with Crippen LogP contribution in [-0.4, -0.2) is 31.0 Å². The molecule has 1 fully saturated rings. The second kappa shape index (κ2) is 5.16. The van der Waals surface area contributed by atoms with E-state index in [0.717, 1.165) is 55.3 Å². The molecule has 104 valence electrons. The van der Waals surface area contributed by atoms with Crippen LogP contribution < -0.4 is 4.74 Å². The molecule has 19 heavy (non-hydrogen) atoms. The normalized spacial score (nSPS) is 19.6. The summed E-state index contributed by atoms with van der Waals surface area (Å²) >= 11 is 1.66. The SMILES string of the molecule is COc1c(C(=O)N2CCC(C)CC2)sc2c1CCC2. The van der Waals surface area contributed by atoms with Crippen LogP contribution in [0, 0.1) is 5.92 Å². The van der Waals surface area contributed by atoms with Crippen molar-refractivity contribution in [2.75, 3.05) is 20.2 Å². The molecule has 1 aromatic rings. The highest BCUT2D eigenvalue weighted by Crippen LogP contribution is 2.41. The molecular weight excluding hydrogens is 258 g/mol. The number of hydrogen-bond donors (Lipinski definition) is 0. The molecule has 3 nitrogen and oxygen atoms in total. The smallest absolute Gasteiger partial charge is 0.267 e. The number of likely N-dealkylation sites (tertiary alicyclic amines) is 1. The second-order valence-electron chi connectivity index (χ2n) is 5.69. The molecule has 0 bridgehead atoms. The molecule has 1 aliphatic heterocycles. The fraction of sp³-hybridized carbons (Fsp3) is 0.667. The van der Waals surface area contributed by atoms with Crippen LogP contribution in [0.2, 0.25) is 0 Å². The van der Waals surface area contributed by atoms with Crippen molar-refractivity contribution in [3.63, 3.8) is 0 Å². The Hall–Kier alpha value is -1.03. The van der Waals surface area contributed by atoms with Crippen LogP contribution >= 0.6 is 11.3 Å². The minimum atomic E-state index is 0.183. The molecule has 0 saturated carbocycles. The van der Waals surface area contributed by atoms with Crippen molar-refractivity contribution in [3.8, 4) is 5.75 Å². The number of hydrogen-bond acceptors (Lipinski definition) is 3. The molecular formula is C15H21NO2S. The Morgan fingerprint density at radius 1 is 1.32 bits per heavy atom. The maximum atomic E-state index is 12.6. The first kappa shape index (κ1) is 13.0. The van der Waals surface area contributed by atoms with E-state index in [0.29, 0.717) is 0 Å². The molecule has 3 rings (SSSR count). The molecule has 0 radical (unpaired) electrons. The number of rotatable bonds is 2. The number of amides is 1. The maximum Gasteiger partial charge on any atom is 0.267 e. The molecule has 1 saturated heterocycles. The highest BCUT2D eigenvalue weighted by atomic mass is 32.1. The third-order valence-corrected chi connectivity index (χ3v) is 5.60. The van der Waals surface area contributed by atoms with Gasteiger partial charge in [-0.3, -0.25) is 4.79 Å². The average molecular weight is 279 g/mol. The highest BCUT2D eigenvalue weighted by Gasteiger charge is 2.30. The summed E-state index contributed by atoms with van der Waals surface area (Å²) in [5, 5.41) is 0. The molecule has 1 amide bonds. The van der Waals surface area contributed by atoms with E-state index in [-0.39, 0.29) is 5.91 Å². The van der Waals surface area contributed by atoms with Gasteiger partial charge in [-0.2, -0.15) is 0 Å². The van der Waals surface area contributed by atoms with Crippen molar-refractivity contribution < 1.29 is 9.53 Å². The maximum absolute atomic E-state index is 12.6. The largest absolute Gasteiger partial charge is 0.495 e. The fourth-order valence-corrected chi connectivity index (χ4v) is 4.41.